The van der Waals surface area contributed by atoms with Crippen LogP contribution in [0.25, 0.3) is 0 Å². The number of anilines is 1. The Hall–Kier alpha value is -2.89. The number of halogens is 1. The third-order valence-corrected chi connectivity index (χ3v) is 3.94. The molecule has 3 amide bonds. The van der Waals surface area contributed by atoms with Crippen molar-refractivity contribution in [2.24, 2.45) is 0 Å². The van der Waals surface area contributed by atoms with Crippen LogP contribution in [-0.2, 0) is 11.2 Å². The second kappa shape index (κ2) is 8.99. The molecule has 0 bridgehead atoms. The number of carbonyl (C=O) groups excluding carboxylic acids is 2. The van der Waals surface area contributed by atoms with E-state index in [1.54, 1.807) is 12.1 Å². The molecule has 0 fully saturated rings. The third kappa shape index (κ3) is 5.88. The molecule has 0 saturated carbocycles. The lowest BCUT2D eigenvalue weighted by atomic mass is 10.1. The van der Waals surface area contributed by atoms with Crippen LogP contribution in [0.15, 0.2) is 36.4 Å². The first-order valence-corrected chi connectivity index (χ1v) is 8.49. The lowest BCUT2D eigenvalue weighted by Gasteiger charge is -2.13. The van der Waals surface area contributed by atoms with Gasteiger partial charge < -0.3 is 16.0 Å². The number of benzene rings is 2. The maximum Gasteiger partial charge on any atom is 0.315 e. The number of amides is 3. The largest absolute Gasteiger partial charge is 0.338 e. The Bertz CT molecular complexity index is 782. The monoisotopic (exact) mass is 357 g/mol. The highest BCUT2D eigenvalue weighted by Crippen LogP contribution is 2.21. The Morgan fingerprint density at radius 2 is 1.69 bits per heavy atom. The van der Waals surface area contributed by atoms with Crippen molar-refractivity contribution in [2.45, 2.75) is 27.2 Å². The molecule has 26 heavy (non-hydrogen) atoms. The fourth-order valence-electron chi connectivity index (χ4n) is 2.80. The summed E-state index contributed by atoms with van der Waals surface area (Å²) in [6.07, 6.45) is 0.513. The maximum absolute atomic E-state index is 13.1. The topological polar surface area (TPSA) is 70.2 Å². The minimum Gasteiger partial charge on any atom is -0.338 e. The Balaban J connectivity index is 1.74. The summed E-state index contributed by atoms with van der Waals surface area (Å²) >= 11 is 0. The molecule has 0 atom stereocenters. The van der Waals surface area contributed by atoms with Crippen molar-refractivity contribution in [2.75, 3.05) is 18.4 Å². The van der Waals surface area contributed by atoms with Crippen molar-refractivity contribution in [1.29, 1.82) is 0 Å². The number of urea groups is 1. The van der Waals surface area contributed by atoms with Crippen molar-refractivity contribution >= 4 is 17.6 Å². The first kappa shape index (κ1) is 19.4. The average Bonchev–Trinajstić information content (AvgIpc) is 2.56. The van der Waals surface area contributed by atoms with Gasteiger partial charge in [-0.1, -0.05) is 29.8 Å². The van der Waals surface area contributed by atoms with Crippen molar-refractivity contribution in [1.82, 2.24) is 10.6 Å². The minimum absolute atomic E-state index is 0.126. The van der Waals surface area contributed by atoms with Crippen molar-refractivity contribution in [3.8, 4) is 0 Å². The third-order valence-electron chi connectivity index (χ3n) is 3.94. The zero-order valence-electron chi connectivity index (χ0n) is 15.3. The Morgan fingerprint density at radius 3 is 2.35 bits per heavy atom. The van der Waals surface area contributed by atoms with Gasteiger partial charge in [0.05, 0.1) is 6.54 Å². The summed E-state index contributed by atoms with van der Waals surface area (Å²) in [6.45, 7) is 6.09. The van der Waals surface area contributed by atoms with E-state index in [-0.39, 0.29) is 18.3 Å². The zero-order chi connectivity index (χ0) is 19.1. The normalized spacial score (nSPS) is 10.3. The fraction of sp³-hybridized carbons (Fsp3) is 0.300. The number of hydrogen-bond donors (Lipinski definition) is 3. The van der Waals surface area contributed by atoms with Crippen LogP contribution in [0.3, 0.4) is 0 Å². The number of nitrogens with one attached hydrogen (secondary N) is 3. The molecule has 2 rings (SSSR count). The molecular formula is C20H24FN3O2. The molecule has 0 aliphatic carbocycles. The second-order valence-electron chi connectivity index (χ2n) is 6.31. The van der Waals surface area contributed by atoms with E-state index in [0.29, 0.717) is 13.0 Å². The van der Waals surface area contributed by atoms with Crippen LogP contribution >= 0.6 is 0 Å². The van der Waals surface area contributed by atoms with E-state index in [9.17, 15) is 14.0 Å². The predicted octanol–water partition coefficient (Wildman–Crippen LogP) is 3.23. The van der Waals surface area contributed by atoms with Gasteiger partial charge in [-0.25, -0.2) is 9.18 Å². The molecule has 2 aromatic carbocycles. The molecule has 0 aromatic heterocycles. The minimum atomic E-state index is -0.436. The fourth-order valence-corrected chi connectivity index (χ4v) is 2.80. The molecule has 0 saturated heterocycles. The van der Waals surface area contributed by atoms with Crippen LogP contribution < -0.4 is 16.0 Å². The van der Waals surface area contributed by atoms with Crippen molar-refractivity contribution in [3.63, 3.8) is 0 Å². The van der Waals surface area contributed by atoms with E-state index in [2.05, 4.69) is 16.0 Å². The Labute approximate surface area is 153 Å². The maximum atomic E-state index is 13.1. The summed E-state index contributed by atoms with van der Waals surface area (Å²) < 4.78 is 13.1. The average molecular weight is 357 g/mol. The lowest BCUT2D eigenvalue weighted by molar-refractivity contribution is -0.115. The standard InChI is InChI=1S/C20H24FN3O2/c1-13-9-14(2)19(15(3)10-13)24-18(25)12-23-20(26)22-8-7-16-5-4-6-17(21)11-16/h4-6,9-11H,7-8,12H2,1-3H3,(H,24,25)(H2,22,23,26). The van der Waals surface area contributed by atoms with E-state index in [0.717, 1.165) is 27.9 Å². The van der Waals surface area contributed by atoms with Gasteiger partial charge in [0.2, 0.25) is 5.91 Å². The van der Waals surface area contributed by atoms with Crippen LogP contribution in [0.2, 0.25) is 0 Å². The van der Waals surface area contributed by atoms with E-state index in [1.165, 1.54) is 12.1 Å². The number of rotatable bonds is 6. The van der Waals surface area contributed by atoms with E-state index in [4.69, 9.17) is 0 Å². The van der Waals surface area contributed by atoms with E-state index >= 15 is 0 Å². The van der Waals surface area contributed by atoms with Crippen LogP contribution in [0.4, 0.5) is 14.9 Å². The first-order valence-electron chi connectivity index (χ1n) is 8.49. The SMILES string of the molecule is Cc1cc(C)c(NC(=O)CNC(=O)NCCc2cccc(F)c2)c(C)c1. The molecule has 0 spiro atoms. The Kier molecular flexibility index (Phi) is 6.72. The molecule has 0 unspecified atom stereocenters. The molecule has 2 aromatic rings. The van der Waals surface area contributed by atoms with Gasteiger partial charge >= 0.3 is 6.03 Å². The van der Waals surface area contributed by atoms with Gasteiger partial charge in [-0.3, -0.25) is 4.79 Å². The van der Waals surface area contributed by atoms with Crippen LogP contribution in [0.1, 0.15) is 22.3 Å². The van der Waals surface area contributed by atoms with Crippen molar-refractivity contribution < 1.29 is 14.0 Å². The van der Waals surface area contributed by atoms with Crippen molar-refractivity contribution in [3.05, 3.63) is 64.5 Å². The lowest BCUT2D eigenvalue weighted by Crippen LogP contribution is -2.40. The molecule has 0 heterocycles. The number of carbonyl (C=O) groups is 2. The van der Waals surface area contributed by atoms with Gasteiger partial charge in [0, 0.05) is 12.2 Å². The van der Waals surface area contributed by atoms with Gasteiger partial charge in [-0.05, 0) is 56.0 Å². The molecular weight excluding hydrogens is 333 g/mol. The molecule has 3 N–H and O–H groups in total. The zero-order valence-corrected chi connectivity index (χ0v) is 15.3. The highest BCUT2D eigenvalue weighted by atomic mass is 19.1. The number of aryl methyl sites for hydroxylation is 3. The highest BCUT2D eigenvalue weighted by molar-refractivity contribution is 5.95. The van der Waals surface area contributed by atoms with Gasteiger partial charge in [0.15, 0.2) is 0 Å². The Morgan fingerprint density at radius 1 is 1.00 bits per heavy atom. The molecule has 0 radical (unpaired) electrons. The van der Waals surface area contributed by atoms with Gasteiger partial charge in [0.1, 0.15) is 5.82 Å². The summed E-state index contributed by atoms with van der Waals surface area (Å²) in [6, 6.07) is 9.78. The van der Waals surface area contributed by atoms with Crippen LogP contribution in [0, 0.1) is 26.6 Å². The summed E-state index contributed by atoms with van der Waals surface area (Å²) in [5.41, 5.74) is 4.67. The molecule has 138 valence electrons. The van der Waals surface area contributed by atoms with E-state index in [1.807, 2.05) is 32.9 Å². The summed E-state index contributed by atoms with van der Waals surface area (Å²) in [7, 11) is 0. The van der Waals surface area contributed by atoms with Gasteiger partial charge in [0.25, 0.3) is 0 Å². The van der Waals surface area contributed by atoms with Gasteiger partial charge in [-0.15, -0.1) is 0 Å². The molecule has 6 heteroatoms. The van der Waals surface area contributed by atoms with Crippen LogP contribution in [-0.4, -0.2) is 25.0 Å². The molecule has 5 nitrogen and oxygen atoms in total. The predicted molar refractivity (Wildman–Crippen MR) is 101 cm³/mol. The van der Waals surface area contributed by atoms with E-state index < -0.39 is 6.03 Å². The second-order valence-corrected chi connectivity index (χ2v) is 6.31. The van der Waals surface area contributed by atoms with Gasteiger partial charge in [-0.2, -0.15) is 0 Å². The first-order chi connectivity index (χ1) is 12.3. The number of hydrogen-bond acceptors (Lipinski definition) is 2. The highest BCUT2D eigenvalue weighted by Gasteiger charge is 2.09. The molecule has 0 aliphatic heterocycles. The smallest absolute Gasteiger partial charge is 0.315 e. The summed E-state index contributed by atoms with van der Waals surface area (Å²) in [4.78, 5) is 23.8. The summed E-state index contributed by atoms with van der Waals surface area (Å²) in [5.74, 6) is -0.592. The summed E-state index contributed by atoms with van der Waals surface area (Å²) in [5, 5.41) is 7.99. The van der Waals surface area contributed by atoms with Crippen LogP contribution in [0.5, 0.6) is 0 Å². The molecule has 0 aliphatic rings. The quantitative estimate of drug-likeness (QED) is 0.743.